The van der Waals surface area contributed by atoms with Gasteiger partial charge in [-0.05, 0) is 51.5 Å². The Balaban J connectivity index is 1.47. The zero-order valence-corrected chi connectivity index (χ0v) is 33.4. The van der Waals surface area contributed by atoms with Crippen molar-refractivity contribution in [3.05, 3.63) is 68.6 Å². The summed E-state index contributed by atoms with van der Waals surface area (Å²) in [6.07, 6.45) is 2.16. The predicted molar refractivity (Wildman–Crippen MR) is 206 cm³/mol. The van der Waals surface area contributed by atoms with Crippen molar-refractivity contribution in [2.45, 2.75) is 123 Å². The van der Waals surface area contributed by atoms with Crippen molar-refractivity contribution >= 4 is 40.5 Å². The minimum absolute atomic E-state index is 0.126. The smallest absolute Gasteiger partial charge is 0.318 e. The first-order valence-corrected chi connectivity index (χ1v) is 19.9. The maximum absolute atomic E-state index is 14.0. The molecule has 0 bridgehead atoms. The molecule has 4 rings (SSSR count). The Labute approximate surface area is 316 Å². The number of aliphatic hydroxyl groups is 1. The van der Waals surface area contributed by atoms with E-state index in [0.717, 1.165) is 21.1 Å². The monoisotopic (exact) mass is 755 g/mol. The van der Waals surface area contributed by atoms with Gasteiger partial charge < -0.3 is 30.7 Å². The van der Waals surface area contributed by atoms with Gasteiger partial charge in [0.1, 0.15) is 6.04 Å². The van der Waals surface area contributed by atoms with Gasteiger partial charge in [0.25, 0.3) is 0 Å². The second-order valence-electron chi connectivity index (χ2n) is 15.4. The standard InChI is InChI=1S/C38H57N7O5S2/c1-24(2)33(42-37(49)44(8)19-27-22-51-36(40-27)25(3)4)35(48)41-30(16-26-12-10-9-11-13-26)32(46)20-45-15-14-28(50-21-29-18-39-23-52-29)17-31(45)34(47)43-38(5,6)7/h9-13,18,22-25,28,30-33,46H,14-17,19-21H2,1-8H3,(H,41,48)(H,42,49)(H,43,47)/t28-,30+,31+,32+,33+/m1/s1. The Hall–Kier alpha value is -3.43. The van der Waals surface area contributed by atoms with Crippen LogP contribution in [0.4, 0.5) is 4.79 Å². The molecule has 2 aromatic heterocycles. The number of urea groups is 1. The first-order valence-electron chi connectivity index (χ1n) is 18.1. The van der Waals surface area contributed by atoms with E-state index in [0.29, 0.717) is 44.9 Å². The van der Waals surface area contributed by atoms with E-state index in [1.165, 1.54) is 16.2 Å². The summed E-state index contributed by atoms with van der Waals surface area (Å²) in [4.78, 5) is 54.3. The van der Waals surface area contributed by atoms with Crippen molar-refractivity contribution in [2.75, 3.05) is 20.1 Å². The summed E-state index contributed by atoms with van der Waals surface area (Å²) in [6.45, 7) is 15.2. The number of nitrogens with one attached hydrogen (secondary N) is 3. The molecule has 5 atom stereocenters. The molecule has 1 saturated heterocycles. The molecule has 0 aliphatic carbocycles. The summed E-state index contributed by atoms with van der Waals surface area (Å²) >= 11 is 3.10. The number of ether oxygens (including phenoxy) is 1. The largest absolute Gasteiger partial charge is 0.390 e. The van der Waals surface area contributed by atoms with Crippen molar-refractivity contribution in [1.29, 1.82) is 0 Å². The van der Waals surface area contributed by atoms with Crippen molar-refractivity contribution < 1.29 is 24.2 Å². The third kappa shape index (κ3) is 12.6. The summed E-state index contributed by atoms with van der Waals surface area (Å²) in [5.74, 6) is -0.435. The highest BCUT2D eigenvalue weighted by atomic mass is 32.1. The van der Waals surface area contributed by atoms with Gasteiger partial charge in [-0.3, -0.25) is 19.5 Å². The number of carbonyl (C=O) groups is 3. The molecule has 0 unspecified atom stereocenters. The van der Waals surface area contributed by atoms with E-state index in [9.17, 15) is 19.5 Å². The van der Waals surface area contributed by atoms with Gasteiger partial charge in [0.15, 0.2) is 0 Å². The predicted octanol–water partition coefficient (Wildman–Crippen LogP) is 4.94. The number of hydrogen-bond acceptors (Lipinski definition) is 10. The number of aliphatic hydroxyl groups excluding tert-OH is 1. The molecule has 4 N–H and O–H groups in total. The van der Waals surface area contributed by atoms with Crippen LogP contribution in [0, 0.1) is 5.92 Å². The lowest BCUT2D eigenvalue weighted by Crippen LogP contribution is -2.60. The molecule has 0 radical (unpaired) electrons. The molecule has 1 fully saturated rings. The van der Waals surface area contributed by atoms with Crippen LogP contribution in [-0.2, 0) is 33.9 Å². The normalized spacial score (nSPS) is 18.5. The number of benzene rings is 1. The lowest BCUT2D eigenvalue weighted by atomic mass is 9.94. The van der Waals surface area contributed by atoms with Crippen LogP contribution >= 0.6 is 22.7 Å². The number of thiazole rings is 2. The fourth-order valence-electron chi connectivity index (χ4n) is 6.14. The van der Waals surface area contributed by atoms with Crippen LogP contribution < -0.4 is 16.0 Å². The Morgan fingerprint density at radius 1 is 1.10 bits per heavy atom. The number of likely N-dealkylation sites (tertiary alicyclic amines) is 1. The number of carbonyl (C=O) groups excluding carboxylic acids is 3. The first-order chi connectivity index (χ1) is 24.6. The van der Waals surface area contributed by atoms with Gasteiger partial charge in [0.2, 0.25) is 11.8 Å². The Morgan fingerprint density at radius 3 is 2.44 bits per heavy atom. The number of amides is 4. The van der Waals surface area contributed by atoms with Gasteiger partial charge >= 0.3 is 6.03 Å². The molecule has 3 aromatic rings. The molecule has 4 amide bonds. The summed E-state index contributed by atoms with van der Waals surface area (Å²) < 4.78 is 6.21. The van der Waals surface area contributed by atoms with Crippen LogP contribution in [0.1, 0.15) is 88.4 Å². The third-order valence-electron chi connectivity index (χ3n) is 8.96. The number of nitrogens with zero attached hydrogens (tertiary/aromatic N) is 4. The molecule has 1 aromatic carbocycles. The zero-order chi connectivity index (χ0) is 38.0. The van der Waals surface area contributed by atoms with Crippen molar-refractivity contribution in [3.63, 3.8) is 0 Å². The van der Waals surface area contributed by atoms with Crippen LogP contribution in [0.2, 0.25) is 0 Å². The van der Waals surface area contributed by atoms with Crippen LogP contribution in [0.5, 0.6) is 0 Å². The molecular weight excluding hydrogens is 699 g/mol. The fourth-order valence-corrected chi connectivity index (χ4v) is 7.48. The van der Waals surface area contributed by atoms with Crippen LogP contribution in [-0.4, -0.2) is 98.7 Å². The number of aromatic nitrogens is 2. The van der Waals surface area contributed by atoms with Crippen LogP contribution in [0.25, 0.3) is 0 Å². The molecule has 12 nitrogen and oxygen atoms in total. The van der Waals surface area contributed by atoms with E-state index in [4.69, 9.17) is 4.74 Å². The molecule has 286 valence electrons. The lowest BCUT2D eigenvalue weighted by Gasteiger charge is -2.41. The molecule has 0 spiro atoms. The SMILES string of the molecule is CC(C)c1nc(CN(C)C(=O)N[C@H](C(=O)N[C@@H](Cc2ccccc2)[C@@H](O)CN2CC[C@@H](OCc3cncs3)C[C@H]2C(=O)NC(C)(C)C)C(C)C)cs1. The van der Waals surface area contributed by atoms with E-state index in [-0.39, 0.29) is 36.4 Å². The van der Waals surface area contributed by atoms with Crippen molar-refractivity contribution in [3.8, 4) is 0 Å². The molecule has 14 heteroatoms. The number of β-amino-alcohol motifs (C(OH)–C–C–N with tert-alkyl or cyclic N) is 1. The second-order valence-corrected chi connectivity index (χ2v) is 17.3. The Kier molecular flexibility index (Phi) is 15.1. The van der Waals surface area contributed by atoms with E-state index < -0.39 is 29.8 Å². The number of hydrogen-bond donors (Lipinski definition) is 4. The Bertz CT molecular complexity index is 1560. The molecule has 3 heterocycles. The maximum Gasteiger partial charge on any atom is 0.318 e. The molecule has 1 aliphatic heterocycles. The topological polar surface area (TPSA) is 149 Å². The van der Waals surface area contributed by atoms with E-state index in [1.54, 1.807) is 30.1 Å². The Morgan fingerprint density at radius 2 is 1.83 bits per heavy atom. The summed E-state index contributed by atoms with van der Waals surface area (Å²) in [6, 6.07) is 7.21. The van der Waals surface area contributed by atoms with Gasteiger partial charge in [-0.15, -0.1) is 22.7 Å². The van der Waals surface area contributed by atoms with Crippen molar-refractivity contribution in [2.24, 2.45) is 5.92 Å². The fraction of sp³-hybridized carbons (Fsp3) is 0.605. The van der Waals surface area contributed by atoms with Crippen molar-refractivity contribution in [1.82, 2.24) is 35.7 Å². The van der Waals surface area contributed by atoms with Gasteiger partial charge in [0, 0.05) is 43.2 Å². The van der Waals surface area contributed by atoms with Gasteiger partial charge in [-0.2, -0.15) is 0 Å². The van der Waals surface area contributed by atoms with Crippen LogP contribution in [0.15, 0.2) is 47.4 Å². The molecule has 0 saturated carbocycles. The lowest BCUT2D eigenvalue weighted by molar-refractivity contribution is -0.134. The third-order valence-corrected chi connectivity index (χ3v) is 10.9. The number of rotatable bonds is 16. The number of piperidine rings is 1. The van der Waals surface area contributed by atoms with E-state index >= 15 is 0 Å². The highest BCUT2D eigenvalue weighted by Crippen LogP contribution is 2.24. The minimum atomic E-state index is -1.02. The maximum atomic E-state index is 14.0. The zero-order valence-electron chi connectivity index (χ0n) is 31.8. The van der Waals surface area contributed by atoms with E-state index in [1.807, 2.05) is 75.2 Å². The van der Waals surface area contributed by atoms with Gasteiger partial charge in [-0.1, -0.05) is 58.0 Å². The van der Waals surface area contributed by atoms with E-state index in [2.05, 4.69) is 39.8 Å². The van der Waals surface area contributed by atoms with Crippen LogP contribution in [0.3, 0.4) is 0 Å². The summed E-state index contributed by atoms with van der Waals surface area (Å²) in [5, 5.41) is 23.9. The minimum Gasteiger partial charge on any atom is -0.390 e. The average Bonchev–Trinajstić information content (AvgIpc) is 3.78. The highest BCUT2D eigenvalue weighted by Gasteiger charge is 2.38. The van der Waals surface area contributed by atoms with Gasteiger partial charge in [0.05, 0.1) is 58.5 Å². The molecule has 1 aliphatic rings. The summed E-state index contributed by atoms with van der Waals surface area (Å²) in [5.41, 5.74) is 3.07. The first kappa shape index (κ1) is 41.3. The molecule has 52 heavy (non-hydrogen) atoms. The highest BCUT2D eigenvalue weighted by molar-refractivity contribution is 7.09. The summed E-state index contributed by atoms with van der Waals surface area (Å²) in [7, 11) is 1.68. The average molecular weight is 756 g/mol. The van der Waals surface area contributed by atoms with Gasteiger partial charge in [-0.25, -0.2) is 9.78 Å². The second kappa shape index (κ2) is 19.1. The molecular formula is C38H57N7O5S2. The quantitative estimate of drug-likeness (QED) is 0.161.